The van der Waals surface area contributed by atoms with E-state index in [1.54, 1.807) is 36.4 Å². The molecule has 3 aromatic carbocycles. The van der Waals surface area contributed by atoms with E-state index in [1.165, 1.54) is 12.1 Å². The molecule has 184 valence electrons. The zero-order valence-corrected chi connectivity index (χ0v) is 20.7. The molecule has 4 rings (SSSR count). The van der Waals surface area contributed by atoms with Gasteiger partial charge in [-0.15, -0.1) is 0 Å². The van der Waals surface area contributed by atoms with E-state index in [-0.39, 0.29) is 5.02 Å². The van der Waals surface area contributed by atoms with Crippen molar-refractivity contribution in [3.05, 3.63) is 98.0 Å². The minimum Gasteiger partial charge on any atom is -0.478 e. The molecule has 0 saturated heterocycles. The van der Waals surface area contributed by atoms with Gasteiger partial charge in [0.05, 0.1) is 17.7 Å². The number of aliphatic hydroxyl groups excluding tert-OH is 1. The Kier molecular flexibility index (Phi) is 8.17. The van der Waals surface area contributed by atoms with E-state index >= 15 is 4.39 Å². The predicted octanol–water partition coefficient (Wildman–Crippen LogP) is 7.13. The van der Waals surface area contributed by atoms with Gasteiger partial charge >= 0.3 is 0 Å². The van der Waals surface area contributed by atoms with E-state index in [0.717, 1.165) is 18.9 Å². The zero-order chi connectivity index (χ0) is 25.1. The lowest BCUT2D eigenvalue weighted by atomic mass is 9.92. The van der Waals surface area contributed by atoms with Gasteiger partial charge in [0.1, 0.15) is 0 Å². The summed E-state index contributed by atoms with van der Waals surface area (Å²) in [6.45, 7) is 0. The number of carbonyl (C=O) groups excluding carboxylic acids is 1. The molecule has 2 N–H and O–H groups in total. The fraction of sp³-hybridized carbons (Fsp3) is 0.269. The highest BCUT2D eigenvalue weighted by Gasteiger charge is 2.28. The molecule has 0 spiro atoms. The summed E-state index contributed by atoms with van der Waals surface area (Å²) in [4.78, 5) is 12.6. The van der Waals surface area contributed by atoms with Gasteiger partial charge < -0.3 is 15.2 Å². The van der Waals surface area contributed by atoms with Gasteiger partial charge in [-0.25, -0.2) is 4.39 Å². The topological polar surface area (TPSA) is 58.6 Å². The standard InChI is InChI=1S/C26H22Cl3F2NO3/c27-15-7-5-14(6-8-15)25(17-10-9-16(28)13-19(17)29)35-22-12-11-18(23(30)24(22)31)26(34)32-20-3-1-2-4-21(20)33/h5-13,20-21,25,33H,1-4H2,(H,32,34). The minimum atomic E-state index is -1.35. The molecule has 1 aliphatic rings. The zero-order valence-electron chi connectivity index (χ0n) is 18.4. The number of nitrogens with one attached hydrogen (secondary N) is 1. The predicted molar refractivity (Wildman–Crippen MR) is 132 cm³/mol. The molecule has 3 atom stereocenters. The van der Waals surface area contributed by atoms with Crippen LogP contribution in [0.25, 0.3) is 0 Å². The second-order valence-corrected chi connectivity index (χ2v) is 9.67. The number of rotatable bonds is 6. The SMILES string of the molecule is O=C(NC1CCCCC1O)c1ccc(OC(c2ccc(Cl)cc2)c2ccc(Cl)cc2Cl)c(F)c1F. The molecule has 35 heavy (non-hydrogen) atoms. The molecule has 0 aromatic heterocycles. The van der Waals surface area contributed by atoms with Crippen LogP contribution in [0.2, 0.25) is 15.1 Å². The van der Waals surface area contributed by atoms with Gasteiger partial charge in [-0.1, -0.05) is 65.8 Å². The fourth-order valence-corrected chi connectivity index (χ4v) is 4.75. The largest absolute Gasteiger partial charge is 0.478 e. The number of amides is 1. The number of benzene rings is 3. The van der Waals surface area contributed by atoms with Crippen LogP contribution in [0.4, 0.5) is 8.78 Å². The molecule has 0 radical (unpaired) electrons. The van der Waals surface area contributed by atoms with Crippen LogP contribution in [-0.4, -0.2) is 23.2 Å². The number of halogens is 5. The van der Waals surface area contributed by atoms with Crippen LogP contribution in [0.3, 0.4) is 0 Å². The first-order valence-electron chi connectivity index (χ1n) is 11.1. The number of carbonyl (C=O) groups is 1. The lowest BCUT2D eigenvalue weighted by Gasteiger charge is -2.28. The van der Waals surface area contributed by atoms with Gasteiger partial charge in [0.25, 0.3) is 5.91 Å². The molecular formula is C26H22Cl3F2NO3. The highest BCUT2D eigenvalue weighted by molar-refractivity contribution is 6.35. The van der Waals surface area contributed by atoms with E-state index in [4.69, 9.17) is 39.5 Å². The van der Waals surface area contributed by atoms with Crippen molar-refractivity contribution in [2.45, 2.75) is 43.9 Å². The first-order valence-corrected chi connectivity index (χ1v) is 12.2. The van der Waals surface area contributed by atoms with Crippen LogP contribution >= 0.6 is 34.8 Å². The van der Waals surface area contributed by atoms with Crippen molar-refractivity contribution in [1.29, 1.82) is 0 Å². The second-order valence-electron chi connectivity index (χ2n) is 8.39. The van der Waals surface area contributed by atoms with Crippen molar-refractivity contribution >= 4 is 40.7 Å². The summed E-state index contributed by atoms with van der Waals surface area (Å²) < 4.78 is 36.0. The van der Waals surface area contributed by atoms with Crippen LogP contribution in [0.5, 0.6) is 5.75 Å². The summed E-state index contributed by atoms with van der Waals surface area (Å²) in [7, 11) is 0. The molecule has 0 heterocycles. The van der Waals surface area contributed by atoms with Gasteiger partial charge in [0, 0.05) is 20.6 Å². The maximum absolute atomic E-state index is 15.1. The van der Waals surface area contributed by atoms with Crippen LogP contribution in [0.1, 0.15) is 53.3 Å². The van der Waals surface area contributed by atoms with Gasteiger partial charge in [-0.2, -0.15) is 4.39 Å². The van der Waals surface area contributed by atoms with Gasteiger partial charge in [-0.3, -0.25) is 4.79 Å². The first kappa shape index (κ1) is 25.7. The van der Waals surface area contributed by atoms with Crippen molar-refractivity contribution in [3.63, 3.8) is 0 Å². The van der Waals surface area contributed by atoms with Gasteiger partial charge in [-0.05, 0) is 54.8 Å². The van der Waals surface area contributed by atoms with Crippen LogP contribution in [0.15, 0.2) is 54.6 Å². The molecule has 0 aliphatic heterocycles. The Morgan fingerprint density at radius 3 is 2.31 bits per heavy atom. The molecule has 1 amide bonds. The van der Waals surface area contributed by atoms with E-state index in [9.17, 15) is 14.3 Å². The Labute approximate surface area is 216 Å². The Morgan fingerprint density at radius 1 is 0.943 bits per heavy atom. The Bertz CT molecular complexity index is 1220. The molecule has 4 nitrogen and oxygen atoms in total. The molecule has 3 aromatic rings. The summed E-state index contributed by atoms with van der Waals surface area (Å²) >= 11 is 18.4. The molecule has 1 saturated carbocycles. The summed E-state index contributed by atoms with van der Waals surface area (Å²) in [5, 5.41) is 13.9. The maximum Gasteiger partial charge on any atom is 0.254 e. The van der Waals surface area contributed by atoms with Crippen LogP contribution < -0.4 is 10.1 Å². The van der Waals surface area contributed by atoms with E-state index in [0.29, 0.717) is 34.0 Å². The molecular weight excluding hydrogens is 519 g/mol. The number of hydrogen-bond acceptors (Lipinski definition) is 3. The molecule has 3 unspecified atom stereocenters. The van der Waals surface area contributed by atoms with Gasteiger partial charge in [0.15, 0.2) is 17.7 Å². The third kappa shape index (κ3) is 5.89. The average Bonchev–Trinajstić information content (AvgIpc) is 2.83. The van der Waals surface area contributed by atoms with E-state index in [2.05, 4.69) is 5.32 Å². The Hall–Kier alpha value is -2.38. The second kappa shape index (κ2) is 11.1. The molecule has 0 bridgehead atoms. The van der Waals surface area contributed by atoms with Crippen molar-refractivity contribution in [2.24, 2.45) is 0 Å². The third-order valence-electron chi connectivity index (χ3n) is 6.00. The minimum absolute atomic E-state index is 0.278. The summed E-state index contributed by atoms with van der Waals surface area (Å²) in [5.74, 6) is -3.86. The number of ether oxygens (including phenoxy) is 1. The van der Waals surface area contributed by atoms with Crippen molar-refractivity contribution in [3.8, 4) is 5.75 Å². The lowest BCUT2D eigenvalue weighted by molar-refractivity contribution is 0.0713. The molecule has 9 heteroatoms. The maximum atomic E-state index is 15.1. The quantitative estimate of drug-likeness (QED) is 0.350. The van der Waals surface area contributed by atoms with Crippen molar-refractivity contribution < 1.29 is 23.4 Å². The number of aliphatic hydroxyl groups is 1. The molecule has 1 fully saturated rings. The lowest BCUT2D eigenvalue weighted by Crippen LogP contribution is -2.45. The fourth-order valence-electron chi connectivity index (χ4n) is 4.11. The summed E-state index contributed by atoms with van der Waals surface area (Å²) in [6, 6.07) is 13.3. The highest BCUT2D eigenvalue weighted by Crippen LogP contribution is 2.36. The monoisotopic (exact) mass is 539 g/mol. The smallest absolute Gasteiger partial charge is 0.254 e. The first-order chi connectivity index (χ1) is 16.7. The van der Waals surface area contributed by atoms with Crippen molar-refractivity contribution in [1.82, 2.24) is 5.32 Å². The summed E-state index contributed by atoms with van der Waals surface area (Å²) in [6.07, 6.45) is 1.19. The third-order valence-corrected chi connectivity index (χ3v) is 6.81. The van der Waals surface area contributed by atoms with E-state index < -0.39 is 47.1 Å². The summed E-state index contributed by atoms with van der Waals surface area (Å²) in [5.41, 5.74) is 0.595. The normalized spacial score (nSPS) is 18.7. The van der Waals surface area contributed by atoms with Crippen LogP contribution in [0, 0.1) is 11.6 Å². The van der Waals surface area contributed by atoms with Crippen molar-refractivity contribution in [2.75, 3.05) is 0 Å². The number of hydrogen-bond donors (Lipinski definition) is 2. The Morgan fingerprint density at radius 2 is 1.63 bits per heavy atom. The van der Waals surface area contributed by atoms with Gasteiger partial charge in [0.2, 0.25) is 5.82 Å². The highest BCUT2D eigenvalue weighted by atomic mass is 35.5. The van der Waals surface area contributed by atoms with E-state index in [1.807, 2.05) is 0 Å². The molecule has 1 aliphatic carbocycles. The Balaban J connectivity index is 1.64. The van der Waals surface area contributed by atoms with Crippen LogP contribution in [-0.2, 0) is 0 Å². The average molecular weight is 541 g/mol.